The van der Waals surface area contributed by atoms with Gasteiger partial charge in [0.1, 0.15) is 6.04 Å². The topological polar surface area (TPSA) is 118 Å². The van der Waals surface area contributed by atoms with Gasteiger partial charge in [-0.3, -0.25) is 19.5 Å². The standard InChI is InChI=1S/C20H18N4O3/c21-19(26)18(25)16(11-13-7-3-1-4-8-13)23-20(27)15-12-22-24-17(15)14-9-5-2-6-10-14/h1-10,12,16H,11H2,(H2,21,26)(H,22,24)(H,23,27). The molecule has 136 valence electrons. The maximum atomic E-state index is 12.8. The fourth-order valence-electron chi connectivity index (χ4n) is 2.75. The van der Waals surface area contributed by atoms with Gasteiger partial charge in [0.05, 0.1) is 17.5 Å². The molecule has 27 heavy (non-hydrogen) atoms. The van der Waals surface area contributed by atoms with Crippen molar-refractivity contribution in [1.82, 2.24) is 15.5 Å². The second-order valence-corrected chi connectivity index (χ2v) is 5.97. The Labute approximate surface area is 155 Å². The third kappa shape index (κ3) is 4.27. The molecule has 0 aliphatic carbocycles. The number of hydrogen-bond donors (Lipinski definition) is 3. The molecule has 3 aromatic rings. The molecular formula is C20H18N4O3. The zero-order valence-corrected chi connectivity index (χ0v) is 14.4. The van der Waals surface area contributed by atoms with Crippen molar-refractivity contribution in [2.75, 3.05) is 0 Å². The van der Waals surface area contributed by atoms with Crippen LogP contribution in [0.1, 0.15) is 15.9 Å². The number of aromatic amines is 1. The molecule has 0 radical (unpaired) electrons. The second-order valence-electron chi connectivity index (χ2n) is 5.97. The summed E-state index contributed by atoms with van der Waals surface area (Å²) in [6.45, 7) is 0. The van der Waals surface area contributed by atoms with Crippen LogP contribution in [0, 0.1) is 0 Å². The van der Waals surface area contributed by atoms with Crippen molar-refractivity contribution >= 4 is 17.6 Å². The van der Waals surface area contributed by atoms with Crippen LogP contribution in [-0.4, -0.2) is 33.8 Å². The molecule has 0 fully saturated rings. The maximum absolute atomic E-state index is 12.8. The van der Waals surface area contributed by atoms with Crippen molar-refractivity contribution in [3.05, 3.63) is 78.0 Å². The number of aromatic nitrogens is 2. The van der Waals surface area contributed by atoms with Crippen molar-refractivity contribution in [3.63, 3.8) is 0 Å². The molecule has 1 aromatic heterocycles. The van der Waals surface area contributed by atoms with E-state index in [2.05, 4.69) is 15.5 Å². The summed E-state index contributed by atoms with van der Waals surface area (Å²) in [6, 6.07) is 17.2. The molecule has 3 rings (SSSR count). The molecule has 4 N–H and O–H groups in total. The highest BCUT2D eigenvalue weighted by molar-refractivity contribution is 6.38. The number of benzene rings is 2. The van der Waals surface area contributed by atoms with Gasteiger partial charge in [-0.15, -0.1) is 0 Å². The molecule has 2 aromatic carbocycles. The van der Waals surface area contributed by atoms with Crippen molar-refractivity contribution < 1.29 is 14.4 Å². The minimum Gasteiger partial charge on any atom is -0.363 e. The van der Waals surface area contributed by atoms with Gasteiger partial charge in [0.2, 0.25) is 5.78 Å². The van der Waals surface area contributed by atoms with Crippen LogP contribution in [-0.2, 0) is 16.0 Å². The van der Waals surface area contributed by atoms with Crippen LogP contribution in [0.3, 0.4) is 0 Å². The van der Waals surface area contributed by atoms with E-state index in [1.54, 1.807) is 12.1 Å². The van der Waals surface area contributed by atoms with Crippen LogP contribution in [0.15, 0.2) is 66.9 Å². The number of carbonyl (C=O) groups is 3. The lowest BCUT2D eigenvalue weighted by molar-refractivity contribution is -0.137. The number of amides is 2. The molecule has 0 saturated heterocycles. The SMILES string of the molecule is NC(=O)C(=O)C(Cc1ccccc1)NC(=O)c1cn[nH]c1-c1ccccc1. The first-order valence-corrected chi connectivity index (χ1v) is 8.33. The largest absolute Gasteiger partial charge is 0.363 e. The lowest BCUT2D eigenvalue weighted by Crippen LogP contribution is -2.47. The average Bonchev–Trinajstić information content (AvgIpc) is 3.18. The van der Waals surface area contributed by atoms with E-state index in [0.717, 1.165) is 11.1 Å². The zero-order chi connectivity index (χ0) is 19.2. The quantitative estimate of drug-likeness (QED) is 0.552. The van der Waals surface area contributed by atoms with Gasteiger partial charge in [0.15, 0.2) is 0 Å². The van der Waals surface area contributed by atoms with Crippen molar-refractivity contribution in [2.24, 2.45) is 5.73 Å². The predicted molar refractivity (Wildman–Crippen MR) is 99.6 cm³/mol. The average molecular weight is 362 g/mol. The Morgan fingerprint density at radius 2 is 1.63 bits per heavy atom. The number of nitrogens with two attached hydrogens (primary N) is 1. The summed E-state index contributed by atoms with van der Waals surface area (Å²) in [7, 11) is 0. The molecule has 0 aliphatic heterocycles. The van der Waals surface area contributed by atoms with E-state index in [0.29, 0.717) is 5.69 Å². The molecule has 0 spiro atoms. The molecule has 2 amide bonds. The minimum atomic E-state index is -1.09. The zero-order valence-electron chi connectivity index (χ0n) is 14.4. The van der Waals surface area contributed by atoms with Crippen LogP contribution in [0.25, 0.3) is 11.3 Å². The summed E-state index contributed by atoms with van der Waals surface area (Å²) in [5.41, 5.74) is 7.53. The van der Waals surface area contributed by atoms with Crippen LogP contribution in [0.4, 0.5) is 0 Å². The highest BCUT2D eigenvalue weighted by Crippen LogP contribution is 2.20. The highest BCUT2D eigenvalue weighted by Gasteiger charge is 2.27. The van der Waals surface area contributed by atoms with Gasteiger partial charge in [0.25, 0.3) is 11.8 Å². The molecule has 1 unspecified atom stereocenters. The first-order valence-electron chi connectivity index (χ1n) is 8.33. The Kier molecular flexibility index (Phi) is 5.41. The minimum absolute atomic E-state index is 0.160. The lowest BCUT2D eigenvalue weighted by atomic mass is 10.0. The van der Waals surface area contributed by atoms with Crippen LogP contribution in [0.2, 0.25) is 0 Å². The summed E-state index contributed by atoms with van der Waals surface area (Å²) in [5, 5.41) is 9.33. The number of nitrogens with one attached hydrogen (secondary N) is 2. The van der Waals surface area contributed by atoms with E-state index in [4.69, 9.17) is 5.73 Å². The van der Waals surface area contributed by atoms with Gasteiger partial charge < -0.3 is 11.1 Å². The van der Waals surface area contributed by atoms with Crippen LogP contribution >= 0.6 is 0 Å². The summed E-state index contributed by atoms with van der Waals surface area (Å²) in [6.07, 6.45) is 1.54. The fourth-order valence-corrected chi connectivity index (χ4v) is 2.75. The molecule has 0 aliphatic rings. The Morgan fingerprint density at radius 1 is 1.00 bits per heavy atom. The van der Waals surface area contributed by atoms with Crippen molar-refractivity contribution in [3.8, 4) is 11.3 Å². The van der Waals surface area contributed by atoms with Gasteiger partial charge in [-0.2, -0.15) is 5.10 Å². The summed E-state index contributed by atoms with van der Waals surface area (Å²) in [5.74, 6) is -2.46. The molecule has 0 saturated carbocycles. The van der Waals surface area contributed by atoms with E-state index >= 15 is 0 Å². The Hall–Kier alpha value is -3.74. The second kappa shape index (κ2) is 8.09. The lowest BCUT2D eigenvalue weighted by Gasteiger charge is -2.16. The third-order valence-electron chi connectivity index (χ3n) is 4.09. The highest BCUT2D eigenvalue weighted by atomic mass is 16.2. The number of hydrogen-bond acceptors (Lipinski definition) is 4. The van der Waals surface area contributed by atoms with Gasteiger partial charge in [-0.1, -0.05) is 60.7 Å². The van der Waals surface area contributed by atoms with Gasteiger partial charge in [0, 0.05) is 12.0 Å². The number of primary amides is 1. The Morgan fingerprint density at radius 3 is 2.26 bits per heavy atom. The predicted octanol–water partition coefficient (Wildman–Crippen LogP) is 1.47. The monoisotopic (exact) mass is 362 g/mol. The van der Waals surface area contributed by atoms with Gasteiger partial charge in [-0.25, -0.2) is 0 Å². The molecule has 0 bridgehead atoms. The summed E-state index contributed by atoms with van der Waals surface area (Å²) >= 11 is 0. The number of rotatable bonds is 7. The number of carbonyl (C=O) groups excluding carboxylic acids is 3. The Balaban J connectivity index is 1.84. The van der Waals surface area contributed by atoms with Crippen LogP contribution in [0.5, 0.6) is 0 Å². The number of ketones is 1. The van der Waals surface area contributed by atoms with Crippen LogP contribution < -0.4 is 11.1 Å². The maximum Gasteiger partial charge on any atom is 0.287 e. The number of H-pyrrole nitrogens is 1. The molecule has 1 heterocycles. The van der Waals surface area contributed by atoms with Gasteiger partial charge >= 0.3 is 0 Å². The third-order valence-corrected chi connectivity index (χ3v) is 4.09. The van der Waals surface area contributed by atoms with E-state index in [-0.39, 0.29) is 12.0 Å². The molecule has 7 nitrogen and oxygen atoms in total. The number of Topliss-reactive ketones (excluding diaryl/α,β-unsaturated/α-hetero) is 1. The van der Waals surface area contributed by atoms with E-state index < -0.39 is 23.6 Å². The first kappa shape index (κ1) is 18.1. The normalized spacial score (nSPS) is 11.6. The smallest absolute Gasteiger partial charge is 0.287 e. The fraction of sp³-hybridized carbons (Fsp3) is 0.100. The summed E-state index contributed by atoms with van der Waals surface area (Å²) in [4.78, 5) is 36.3. The van der Waals surface area contributed by atoms with E-state index in [9.17, 15) is 14.4 Å². The van der Waals surface area contributed by atoms with Crippen molar-refractivity contribution in [2.45, 2.75) is 12.5 Å². The molecule has 7 heteroatoms. The Bertz CT molecular complexity index is 952. The first-order chi connectivity index (χ1) is 13.1. The molecule has 1 atom stereocenters. The summed E-state index contributed by atoms with van der Waals surface area (Å²) < 4.78 is 0. The van der Waals surface area contributed by atoms with Gasteiger partial charge in [-0.05, 0) is 5.56 Å². The number of nitrogens with zero attached hydrogens (tertiary/aromatic N) is 1. The van der Waals surface area contributed by atoms with Crippen molar-refractivity contribution in [1.29, 1.82) is 0 Å². The van der Waals surface area contributed by atoms with E-state index in [1.165, 1.54) is 6.20 Å². The van der Waals surface area contributed by atoms with E-state index in [1.807, 2.05) is 48.5 Å². The molecular weight excluding hydrogens is 344 g/mol.